The van der Waals surface area contributed by atoms with Crippen LogP contribution in [0.5, 0.6) is 0 Å². The van der Waals surface area contributed by atoms with Gasteiger partial charge in [-0.2, -0.15) is 0 Å². The summed E-state index contributed by atoms with van der Waals surface area (Å²) in [5, 5.41) is 2.78. The summed E-state index contributed by atoms with van der Waals surface area (Å²) in [6, 6.07) is 0. The fraction of sp³-hybridized carbons (Fsp3) is 0.833. The zero-order chi connectivity index (χ0) is 5.98. The van der Waals surface area contributed by atoms with Crippen molar-refractivity contribution in [1.82, 2.24) is 5.32 Å². The van der Waals surface area contributed by atoms with Crippen LogP contribution in [0.2, 0.25) is 0 Å². The number of rotatable bonds is 1. The van der Waals surface area contributed by atoms with E-state index in [9.17, 15) is 4.79 Å². The summed E-state index contributed by atoms with van der Waals surface area (Å²) in [5.74, 6) is 0.558. The van der Waals surface area contributed by atoms with Crippen LogP contribution in [-0.4, -0.2) is 12.5 Å². The maximum Gasteiger partial charge on any atom is 0.223 e. The highest BCUT2D eigenvalue weighted by atomic mass is 16.2. The van der Waals surface area contributed by atoms with Crippen LogP contribution in [0.3, 0.4) is 0 Å². The van der Waals surface area contributed by atoms with Gasteiger partial charge in [0.25, 0.3) is 0 Å². The predicted molar refractivity (Wildman–Crippen MR) is 31.4 cm³/mol. The Morgan fingerprint density at radius 3 is 2.88 bits per heavy atom. The van der Waals surface area contributed by atoms with E-state index < -0.39 is 0 Å². The molecule has 1 fully saturated rings. The van der Waals surface area contributed by atoms with E-state index in [2.05, 4.69) is 12.2 Å². The minimum Gasteiger partial charge on any atom is -0.356 e. The van der Waals surface area contributed by atoms with E-state index in [-0.39, 0.29) is 5.91 Å². The Bertz CT molecular complexity index is 101. The number of hydrogen-bond donors (Lipinski definition) is 1. The molecule has 1 aliphatic heterocycles. The molecule has 1 rings (SSSR count). The van der Waals surface area contributed by atoms with Gasteiger partial charge in [-0.1, -0.05) is 6.92 Å². The lowest BCUT2D eigenvalue weighted by Gasteiger charge is -1.97. The summed E-state index contributed by atoms with van der Waals surface area (Å²) in [5.41, 5.74) is 0. The van der Waals surface area contributed by atoms with Crippen LogP contribution in [0.4, 0.5) is 0 Å². The highest BCUT2D eigenvalue weighted by Gasteiger charge is 2.20. The van der Waals surface area contributed by atoms with E-state index in [1.54, 1.807) is 0 Å². The van der Waals surface area contributed by atoms with E-state index in [1.807, 2.05) is 0 Å². The van der Waals surface area contributed by atoms with Crippen LogP contribution in [0, 0.1) is 5.92 Å². The lowest BCUT2D eigenvalue weighted by Crippen LogP contribution is -2.18. The Morgan fingerprint density at radius 1 is 1.88 bits per heavy atom. The molecule has 1 aliphatic rings. The molecule has 0 radical (unpaired) electrons. The normalized spacial score (nSPS) is 28.1. The topological polar surface area (TPSA) is 29.1 Å². The zero-order valence-corrected chi connectivity index (χ0v) is 5.11. The number of hydrogen-bond acceptors (Lipinski definition) is 1. The zero-order valence-electron chi connectivity index (χ0n) is 5.11. The molecule has 0 bridgehead atoms. The van der Waals surface area contributed by atoms with Gasteiger partial charge in [-0.25, -0.2) is 0 Å². The molecule has 1 amide bonds. The van der Waals surface area contributed by atoms with E-state index in [1.165, 1.54) is 0 Å². The van der Waals surface area contributed by atoms with Crippen molar-refractivity contribution in [2.24, 2.45) is 5.92 Å². The number of carbonyl (C=O) groups is 1. The standard InChI is InChI=1S/C6H11NO/c1-2-5-3-4-7-6(5)8/h5H,2-4H2,1H3,(H,7,8)/t5-/m1/s1. The van der Waals surface area contributed by atoms with Gasteiger partial charge < -0.3 is 5.32 Å². The highest BCUT2D eigenvalue weighted by molar-refractivity contribution is 5.80. The molecule has 0 spiro atoms. The molecule has 0 aromatic rings. The van der Waals surface area contributed by atoms with Crippen LogP contribution in [0.15, 0.2) is 0 Å². The Morgan fingerprint density at radius 2 is 2.62 bits per heavy atom. The van der Waals surface area contributed by atoms with E-state index in [0.717, 1.165) is 19.4 Å². The summed E-state index contributed by atoms with van der Waals surface area (Å²) in [4.78, 5) is 10.7. The summed E-state index contributed by atoms with van der Waals surface area (Å²) in [6.07, 6.45) is 2.03. The average molecular weight is 113 g/mol. The van der Waals surface area contributed by atoms with E-state index >= 15 is 0 Å². The second-order valence-corrected chi connectivity index (χ2v) is 2.18. The fourth-order valence-corrected chi connectivity index (χ4v) is 1.03. The Kier molecular flexibility index (Phi) is 1.51. The first-order chi connectivity index (χ1) is 3.84. The first kappa shape index (κ1) is 5.60. The summed E-state index contributed by atoms with van der Waals surface area (Å²) in [6.45, 7) is 2.94. The lowest BCUT2D eigenvalue weighted by atomic mass is 10.1. The van der Waals surface area contributed by atoms with Crippen molar-refractivity contribution < 1.29 is 4.79 Å². The minimum absolute atomic E-state index is 0.243. The SMILES string of the molecule is CC[C@@H]1CCNC1=O. The number of amides is 1. The first-order valence-corrected chi connectivity index (χ1v) is 3.12. The maximum atomic E-state index is 10.7. The number of nitrogens with one attached hydrogen (secondary N) is 1. The maximum absolute atomic E-state index is 10.7. The van der Waals surface area contributed by atoms with Crippen LogP contribution in [0.1, 0.15) is 19.8 Å². The van der Waals surface area contributed by atoms with Crippen molar-refractivity contribution in [2.75, 3.05) is 6.54 Å². The van der Waals surface area contributed by atoms with E-state index in [0.29, 0.717) is 5.92 Å². The van der Waals surface area contributed by atoms with Crippen molar-refractivity contribution in [3.8, 4) is 0 Å². The van der Waals surface area contributed by atoms with Crippen LogP contribution < -0.4 is 5.32 Å². The van der Waals surface area contributed by atoms with Crippen LogP contribution in [-0.2, 0) is 4.79 Å². The van der Waals surface area contributed by atoms with Crippen molar-refractivity contribution in [3.05, 3.63) is 0 Å². The second kappa shape index (κ2) is 2.16. The Labute approximate surface area is 49.3 Å². The van der Waals surface area contributed by atoms with Gasteiger partial charge in [-0.05, 0) is 12.8 Å². The molecule has 0 saturated carbocycles. The largest absolute Gasteiger partial charge is 0.356 e. The smallest absolute Gasteiger partial charge is 0.223 e. The molecule has 2 heteroatoms. The molecule has 0 aliphatic carbocycles. The second-order valence-electron chi connectivity index (χ2n) is 2.18. The lowest BCUT2D eigenvalue weighted by molar-refractivity contribution is -0.122. The van der Waals surface area contributed by atoms with Gasteiger partial charge in [0.1, 0.15) is 0 Å². The molecule has 1 saturated heterocycles. The molecule has 46 valence electrons. The van der Waals surface area contributed by atoms with Gasteiger partial charge in [0.05, 0.1) is 0 Å². The summed E-state index contributed by atoms with van der Waals surface area (Å²) >= 11 is 0. The Hall–Kier alpha value is -0.530. The molecule has 0 unspecified atom stereocenters. The third kappa shape index (κ3) is 0.831. The van der Waals surface area contributed by atoms with Crippen molar-refractivity contribution in [1.29, 1.82) is 0 Å². The minimum atomic E-state index is 0.243. The first-order valence-electron chi connectivity index (χ1n) is 3.12. The summed E-state index contributed by atoms with van der Waals surface area (Å²) in [7, 11) is 0. The summed E-state index contributed by atoms with van der Waals surface area (Å²) < 4.78 is 0. The fourth-order valence-electron chi connectivity index (χ4n) is 1.03. The molecule has 1 atom stereocenters. The Balaban J connectivity index is 2.42. The van der Waals surface area contributed by atoms with Crippen LogP contribution in [0.25, 0.3) is 0 Å². The highest BCUT2D eigenvalue weighted by Crippen LogP contribution is 2.11. The van der Waals surface area contributed by atoms with Crippen molar-refractivity contribution >= 4 is 5.91 Å². The molecule has 2 nitrogen and oxygen atoms in total. The van der Waals surface area contributed by atoms with Gasteiger partial charge in [0.2, 0.25) is 5.91 Å². The quantitative estimate of drug-likeness (QED) is 0.528. The third-order valence-corrected chi connectivity index (χ3v) is 1.66. The van der Waals surface area contributed by atoms with E-state index in [4.69, 9.17) is 0 Å². The predicted octanol–water partition coefficient (Wildman–Crippen LogP) is 0.532. The molecule has 0 aromatic carbocycles. The molecule has 0 aromatic heterocycles. The third-order valence-electron chi connectivity index (χ3n) is 1.66. The van der Waals surface area contributed by atoms with Gasteiger partial charge in [0.15, 0.2) is 0 Å². The molecule has 8 heavy (non-hydrogen) atoms. The van der Waals surface area contributed by atoms with Gasteiger partial charge >= 0.3 is 0 Å². The monoisotopic (exact) mass is 113 g/mol. The van der Waals surface area contributed by atoms with Gasteiger partial charge in [0, 0.05) is 12.5 Å². The van der Waals surface area contributed by atoms with Crippen molar-refractivity contribution in [3.63, 3.8) is 0 Å². The number of carbonyl (C=O) groups excluding carboxylic acids is 1. The molecular weight excluding hydrogens is 102 g/mol. The van der Waals surface area contributed by atoms with Crippen molar-refractivity contribution in [2.45, 2.75) is 19.8 Å². The molecule has 1 heterocycles. The molecule has 1 N–H and O–H groups in total. The van der Waals surface area contributed by atoms with Gasteiger partial charge in [-0.3, -0.25) is 4.79 Å². The molecular formula is C6H11NO. The van der Waals surface area contributed by atoms with Crippen LogP contribution >= 0.6 is 0 Å². The van der Waals surface area contributed by atoms with Gasteiger partial charge in [-0.15, -0.1) is 0 Å². The average Bonchev–Trinajstić information content (AvgIpc) is 2.14.